The van der Waals surface area contributed by atoms with Crippen molar-refractivity contribution < 1.29 is 59.0 Å². The Hall–Kier alpha value is -1.22. The van der Waals surface area contributed by atoms with Gasteiger partial charge in [-0.1, -0.05) is 256 Å². The molecule has 0 saturated heterocycles. The van der Waals surface area contributed by atoms with Gasteiger partial charge >= 0.3 is 7.82 Å². The molecule has 1 fully saturated rings. The van der Waals surface area contributed by atoms with Gasteiger partial charge in [0, 0.05) is 0 Å². The van der Waals surface area contributed by atoms with E-state index in [1.807, 2.05) is 0 Å². The van der Waals surface area contributed by atoms with E-state index in [1.165, 1.54) is 199 Å². The predicted molar refractivity (Wildman–Crippen MR) is 289 cm³/mol. The van der Waals surface area contributed by atoms with Gasteiger partial charge in [0.25, 0.3) is 0 Å². The average molecular weight is 1030 g/mol. The third-order valence-corrected chi connectivity index (χ3v) is 15.3. The second-order valence-electron chi connectivity index (χ2n) is 21.0. The van der Waals surface area contributed by atoms with Crippen molar-refractivity contribution in [3.8, 4) is 0 Å². The van der Waals surface area contributed by atoms with E-state index in [2.05, 4.69) is 31.3 Å². The Balaban J connectivity index is 2.42. The molecule has 0 heterocycles. The number of carbonyl (C=O) groups excluding carboxylic acids is 1. The molecule has 9 N–H and O–H groups in total. The molecule has 1 aliphatic rings. The SMILES string of the molecule is CCCCCCCCCCCCCCCCC/C=C/CC/C=C/C(O)C(COP(=O)(O)OC1C(O)C(O)C(O)C(O)C1O)NC(=O)CC(O)CCCCCCCCCCCCCCCCCCCCCC. The van der Waals surface area contributed by atoms with E-state index in [9.17, 15) is 50.0 Å². The van der Waals surface area contributed by atoms with Crippen LogP contribution >= 0.6 is 7.82 Å². The standard InChI is InChI=1S/C57H110NO12P/c1-3-5-7-9-11-13-15-17-19-21-23-25-27-29-31-33-35-37-39-41-43-45-50(60)49(47-69-71(67,68)70-57-55(65)53(63)52(62)54(64)56(57)66)58-51(61)46-48(59)44-42-40-38-36-34-32-30-28-26-24-22-20-18-16-14-12-10-8-6-4-2/h35,37,43,45,48-50,52-57,59-60,62-66H,3-34,36,38-42,44,46-47H2,1-2H3,(H,58,61)(H,67,68)/b37-35+,45-43+. The van der Waals surface area contributed by atoms with E-state index in [-0.39, 0.29) is 6.42 Å². The molecule has 8 atom stereocenters. The summed E-state index contributed by atoms with van der Waals surface area (Å²) in [7, 11) is -5.16. The molecule has 0 aromatic heterocycles. The number of carbonyl (C=O) groups is 1. The van der Waals surface area contributed by atoms with Gasteiger partial charge in [-0.3, -0.25) is 13.8 Å². The summed E-state index contributed by atoms with van der Waals surface area (Å²) in [5.41, 5.74) is 0. The van der Waals surface area contributed by atoms with Crippen LogP contribution in [0.2, 0.25) is 0 Å². The van der Waals surface area contributed by atoms with Crippen LogP contribution in [0.5, 0.6) is 0 Å². The van der Waals surface area contributed by atoms with Crippen LogP contribution in [0.1, 0.15) is 271 Å². The van der Waals surface area contributed by atoms with Gasteiger partial charge in [-0.25, -0.2) is 4.57 Å². The van der Waals surface area contributed by atoms with Gasteiger partial charge in [0.15, 0.2) is 0 Å². The first kappa shape index (κ1) is 67.8. The molecule has 0 spiro atoms. The van der Waals surface area contributed by atoms with Crippen molar-refractivity contribution in [2.45, 2.75) is 326 Å². The molecular formula is C57H110NO12P. The summed E-state index contributed by atoms with van der Waals surface area (Å²) >= 11 is 0. The number of phosphoric ester groups is 1. The minimum absolute atomic E-state index is 0.248. The Bertz CT molecular complexity index is 1310. The lowest BCUT2D eigenvalue weighted by Crippen LogP contribution is -2.64. The topological polar surface area (TPSA) is 226 Å². The fraction of sp³-hybridized carbons (Fsp3) is 0.912. The van der Waals surface area contributed by atoms with Crippen LogP contribution in [-0.4, -0.2) is 108 Å². The molecule has 0 radical (unpaired) electrons. The number of amides is 1. The van der Waals surface area contributed by atoms with Crippen molar-refractivity contribution >= 4 is 13.7 Å². The number of phosphoric acid groups is 1. The van der Waals surface area contributed by atoms with E-state index >= 15 is 0 Å². The quantitative estimate of drug-likeness (QED) is 0.0158. The molecule has 1 aliphatic carbocycles. The molecule has 14 heteroatoms. The van der Waals surface area contributed by atoms with Crippen LogP contribution in [-0.2, 0) is 18.4 Å². The van der Waals surface area contributed by atoms with Crippen molar-refractivity contribution in [1.29, 1.82) is 0 Å². The fourth-order valence-electron chi connectivity index (χ4n) is 9.55. The highest BCUT2D eigenvalue weighted by atomic mass is 31.2. The highest BCUT2D eigenvalue weighted by Crippen LogP contribution is 2.47. The normalized spacial score (nSPS) is 21.8. The molecule has 420 valence electrons. The first-order valence-electron chi connectivity index (χ1n) is 29.4. The highest BCUT2D eigenvalue weighted by molar-refractivity contribution is 7.47. The Morgan fingerprint density at radius 1 is 0.493 bits per heavy atom. The van der Waals surface area contributed by atoms with Crippen LogP contribution in [0, 0.1) is 0 Å². The maximum Gasteiger partial charge on any atom is 0.472 e. The highest BCUT2D eigenvalue weighted by Gasteiger charge is 2.51. The first-order chi connectivity index (χ1) is 34.3. The van der Waals surface area contributed by atoms with E-state index in [1.54, 1.807) is 6.08 Å². The number of unbranched alkanes of at least 4 members (excludes halogenated alkanes) is 35. The minimum atomic E-state index is -5.16. The molecule has 0 aromatic rings. The second-order valence-corrected chi connectivity index (χ2v) is 22.4. The molecule has 71 heavy (non-hydrogen) atoms. The number of allylic oxidation sites excluding steroid dienone is 3. The number of rotatable bonds is 50. The van der Waals surface area contributed by atoms with Crippen molar-refractivity contribution in [2.24, 2.45) is 0 Å². The zero-order valence-corrected chi connectivity index (χ0v) is 46.0. The van der Waals surface area contributed by atoms with E-state index in [0.717, 1.165) is 44.9 Å². The number of aliphatic hydroxyl groups is 7. The largest absolute Gasteiger partial charge is 0.472 e. The van der Waals surface area contributed by atoms with Crippen LogP contribution < -0.4 is 5.32 Å². The first-order valence-corrected chi connectivity index (χ1v) is 30.9. The zero-order valence-electron chi connectivity index (χ0n) is 45.2. The van der Waals surface area contributed by atoms with Crippen LogP contribution in [0.3, 0.4) is 0 Å². The maximum absolute atomic E-state index is 13.1. The Morgan fingerprint density at radius 3 is 1.24 bits per heavy atom. The molecule has 8 unspecified atom stereocenters. The Labute approximate surface area is 433 Å². The lowest BCUT2D eigenvalue weighted by molar-refractivity contribution is -0.220. The molecule has 1 amide bonds. The summed E-state index contributed by atoms with van der Waals surface area (Å²) in [4.78, 5) is 23.6. The summed E-state index contributed by atoms with van der Waals surface area (Å²) < 4.78 is 23.0. The van der Waals surface area contributed by atoms with Gasteiger partial charge in [-0.2, -0.15) is 0 Å². The van der Waals surface area contributed by atoms with Crippen LogP contribution in [0.4, 0.5) is 0 Å². The number of nitrogens with one attached hydrogen (secondary N) is 1. The monoisotopic (exact) mass is 1030 g/mol. The molecule has 1 rings (SSSR count). The molecule has 13 nitrogen and oxygen atoms in total. The number of hydrogen-bond donors (Lipinski definition) is 9. The molecule has 0 bridgehead atoms. The summed E-state index contributed by atoms with van der Waals surface area (Å²) in [5.74, 6) is -0.597. The smallest absolute Gasteiger partial charge is 0.393 e. The minimum Gasteiger partial charge on any atom is -0.393 e. The zero-order chi connectivity index (χ0) is 52.2. The van der Waals surface area contributed by atoms with E-state index in [4.69, 9.17) is 9.05 Å². The molecule has 0 aliphatic heterocycles. The van der Waals surface area contributed by atoms with Gasteiger partial charge in [-0.15, -0.1) is 0 Å². The summed E-state index contributed by atoms with van der Waals surface area (Å²) in [5, 5.41) is 74.9. The summed E-state index contributed by atoms with van der Waals surface area (Å²) in [6, 6.07) is -1.26. The summed E-state index contributed by atoms with van der Waals surface area (Å²) in [6.07, 6.45) is 41.2. The Kier molecular flexibility index (Phi) is 44.0. The number of aliphatic hydroxyl groups excluding tert-OH is 7. The number of hydrogen-bond acceptors (Lipinski definition) is 11. The maximum atomic E-state index is 13.1. The van der Waals surface area contributed by atoms with Crippen molar-refractivity contribution in [3.05, 3.63) is 24.3 Å². The van der Waals surface area contributed by atoms with E-state index in [0.29, 0.717) is 12.8 Å². The van der Waals surface area contributed by atoms with Crippen LogP contribution in [0.15, 0.2) is 24.3 Å². The predicted octanol–water partition coefficient (Wildman–Crippen LogP) is 12.3. The van der Waals surface area contributed by atoms with Gasteiger partial charge < -0.3 is 46.0 Å². The third-order valence-electron chi connectivity index (χ3n) is 14.3. The molecule has 1 saturated carbocycles. The van der Waals surface area contributed by atoms with E-state index < -0.39 is 75.2 Å². The lowest BCUT2D eigenvalue weighted by atomic mass is 9.85. The lowest BCUT2D eigenvalue weighted by Gasteiger charge is -2.41. The van der Waals surface area contributed by atoms with Gasteiger partial charge in [-0.05, 0) is 32.1 Å². The average Bonchev–Trinajstić information content (AvgIpc) is 3.35. The summed E-state index contributed by atoms with van der Waals surface area (Å²) in [6.45, 7) is 3.79. The second kappa shape index (κ2) is 46.1. The van der Waals surface area contributed by atoms with Crippen molar-refractivity contribution in [3.63, 3.8) is 0 Å². The Morgan fingerprint density at radius 2 is 0.831 bits per heavy atom. The molecule has 0 aromatic carbocycles. The van der Waals surface area contributed by atoms with Gasteiger partial charge in [0.2, 0.25) is 5.91 Å². The fourth-order valence-corrected chi connectivity index (χ4v) is 10.5. The van der Waals surface area contributed by atoms with Gasteiger partial charge in [0.05, 0.1) is 31.3 Å². The third kappa shape index (κ3) is 37.2. The van der Waals surface area contributed by atoms with Crippen LogP contribution in [0.25, 0.3) is 0 Å². The molecular weight excluding hydrogens is 922 g/mol. The van der Waals surface area contributed by atoms with Gasteiger partial charge in [0.1, 0.15) is 36.6 Å². The van der Waals surface area contributed by atoms with Crippen molar-refractivity contribution in [1.82, 2.24) is 5.32 Å². The van der Waals surface area contributed by atoms with Crippen molar-refractivity contribution in [2.75, 3.05) is 6.61 Å².